The largest absolute Gasteiger partial charge is 0.326 e. The lowest BCUT2D eigenvalue weighted by Gasteiger charge is -2.22. The second-order valence-corrected chi connectivity index (χ2v) is 3.83. The molecule has 0 saturated heterocycles. The number of rotatable bonds is 3. The predicted molar refractivity (Wildman–Crippen MR) is 63.0 cm³/mol. The average Bonchev–Trinajstić information content (AvgIpc) is 2.78. The van der Waals surface area contributed by atoms with Crippen LogP contribution >= 0.6 is 0 Å². The van der Waals surface area contributed by atoms with Crippen LogP contribution in [0.5, 0.6) is 0 Å². The molecule has 86 valence electrons. The second kappa shape index (κ2) is 4.76. The monoisotopic (exact) mass is 227 g/mol. The molecule has 2 unspecified atom stereocenters. The van der Waals surface area contributed by atoms with E-state index in [1.807, 2.05) is 31.2 Å². The molecule has 2 atom stereocenters. The highest BCUT2D eigenvalue weighted by Gasteiger charge is 2.21. The lowest BCUT2D eigenvalue weighted by atomic mass is 10.1. The number of imidazole rings is 1. The molecule has 5 nitrogen and oxygen atoms in total. The SMILES string of the molecule is CC(N)C(c1ccccn1)n1ccnc1C#N. The van der Waals surface area contributed by atoms with E-state index in [0.29, 0.717) is 5.82 Å². The van der Waals surface area contributed by atoms with Crippen LogP contribution in [-0.4, -0.2) is 20.6 Å². The predicted octanol–water partition coefficient (Wildman–Crippen LogP) is 1.09. The maximum Gasteiger partial charge on any atom is 0.213 e. The van der Waals surface area contributed by atoms with E-state index in [-0.39, 0.29) is 12.1 Å². The highest BCUT2D eigenvalue weighted by Crippen LogP contribution is 2.20. The summed E-state index contributed by atoms with van der Waals surface area (Å²) in [6.45, 7) is 1.89. The first-order chi connectivity index (χ1) is 8.24. The van der Waals surface area contributed by atoms with Gasteiger partial charge in [-0.05, 0) is 19.1 Å². The van der Waals surface area contributed by atoms with Gasteiger partial charge in [-0.2, -0.15) is 5.26 Å². The summed E-state index contributed by atoms with van der Waals surface area (Å²) in [5.74, 6) is 0.345. The first-order valence-corrected chi connectivity index (χ1v) is 5.33. The minimum absolute atomic E-state index is 0.161. The van der Waals surface area contributed by atoms with E-state index >= 15 is 0 Å². The van der Waals surface area contributed by atoms with Crippen LogP contribution in [0.1, 0.15) is 24.5 Å². The maximum atomic E-state index is 8.99. The van der Waals surface area contributed by atoms with Gasteiger partial charge in [0.25, 0.3) is 0 Å². The molecule has 2 rings (SSSR count). The van der Waals surface area contributed by atoms with Gasteiger partial charge in [-0.1, -0.05) is 6.07 Å². The molecular weight excluding hydrogens is 214 g/mol. The molecule has 0 amide bonds. The van der Waals surface area contributed by atoms with Gasteiger partial charge in [-0.25, -0.2) is 4.98 Å². The van der Waals surface area contributed by atoms with Crippen LogP contribution in [0.15, 0.2) is 36.8 Å². The fourth-order valence-electron chi connectivity index (χ4n) is 1.84. The third kappa shape index (κ3) is 2.17. The average molecular weight is 227 g/mol. The van der Waals surface area contributed by atoms with Crippen molar-refractivity contribution in [3.8, 4) is 6.07 Å². The molecule has 0 aliphatic heterocycles. The number of nitrogens with zero attached hydrogens (tertiary/aromatic N) is 4. The van der Waals surface area contributed by atoms with Gasteiger partial charge in [-0.3, -0.25) is 4.98 Å². The molecule has 0 aromatic carbocycles. The zero-order chi connectivity index (χ0) is 12.3. The lowest BCUT2D eigenvalue weighted by Crippen LogP contribution is -2.31. The fraction of sp³-hybridized carbons (Fsp3) is 0.250. The van der Waals surface area contributed by atoms with Gasteiger partial charge in [0.05, 0.1) is 11.7 Å². The maximum absolute atomic E-state index is 8.99. The van der Waals surface area contributed by atoms with Gasteiger partial charge in [0.15, 0.2) is 0 Å². The standard InChI is InChI=1S/C12H13N5/c1-9(14)12(10-4-2-3-5-15-10)17-7-6-16-11(17)8-13/h2-7,9,12H,14H2,1H3. The summed E-state index contributed by atoms with van der Waals surface area (Å²) in [5, 5.41) is 8.99. The molecule has 0 aliphatic carbocycles. The number of hydrogen-bond donors (Lipinski definition) is 1. The number of pyridine rings is 1. The Morgan fingerprint density at radius 1 is 1.35 bits per heavy atom. The molecule has 2 N–H and O–H groups in total. The molecule has 2 aromatic heterocycles. The van der Waals surface area contributed by atoms with Gasteiger partial charge in [0, 0.05) is 24.6 Å². The molecule has 0 bridgehead atoms. The Morgan fingerprint density at radius 3 is 2.76 bits per heavy atom. The molecular formula is C12H13N5. The van der Waals surface area contributed by atoms with Crippen molar-refractivity contribution in [3.63, 3.8) is 0 Å². The summed E-state index contributed by atoms with van der Waals surface area (Å²) in [7, 11) is 0. The third-order valence-electron chi connectivity index (χ3n) is 2.56. The summed E-state index contributed by atoms with van der Waals surface area (Å²) in [6.07, 6.45) is 5.06. The summed E-state index contributed by atoms with van der Waals surface area (Å²) >= 11 is 0. The molecule has 2 aromatic rings. The van der Waals surface area contributed by atoms with Crippen LogP contribution in [0.2, 0.25) is 0 Å². The summed E-state index contributed by atoms with van der Waals surface area (Å²) in [6, 6.07) is 7.36. The Hall–Kier alpha value is -2.19. The van der Waals surface area contributed by atoms with Crippen LogP contribution in [-0.2, 0) is 0 Å². The molecule has 0 spiro atoms. The van der Waals surface area contributed by atoms with Crippen LogP contribution in [0.3, 0.4) is 0 Å². The van der Waals surface area contributed by atoms with E-state index in [1.165, 1.54) is 0 Å². The number of hydrogen-bond acceptors (Lipinski definition) is 4. The van der Waals surface area contributed by atoms with Gasteiger partial charge in [0.2, 0.25) is 5.82 Å². The molecule has 17 heavy (non-hydrogen) atoms. The molecule has 0 aliphatic rings. The molecule has 0 fully saturated rings. The van der Waals surface area contributed by atoms with E-state index in [0.717, 1.165) is 5.69 Å². The van der Waals surface area contributed by atoms with E-state index in [1.54, 1.807) is 23.2 Å². The third-order valence-corrected chi connectivity index (χ3v) is 2.56. The van der Waals surface area contributed by atoms with E-state index < -0.39 is 0 Å². The normalized spacial score (nSPS) is 13.9. The van der Waals surface area contributed by atoms with Gasteiger partial charge in [-0.15, -0.1) is 0 Å². The Bertz CT molecular complexity index is 523. The zero-order valence-electron chi connectivity index (χ0n) is 9.49. The van der Waals surface area contributed by atoms with Crippen molar-refractivity contribution >= 4 is 0 Å². The first-order valence-electron chi connectivity index (χ1n) is 5.33. The lowest BCUT2D eigenvalue weighted by molar-refractivity contribution is 0.481. The van der Waals surface area contributed by atoms with Crippen LogP contribution in [0, 0.1) is 11.3 Å². The minimum Gasteiger partial charge on any atom is -0.326 e. The summed E-state index contributed by atoms with van der Waals surface area (Å²) in [5.41, 5.74) is 6.82. The molecule has 5 heteroatoms. The van der Waals surface area contributed by atoms with Crippen molar-refractivity contribution in [1.29, 1.82) is 5.26 Å². The fourth-order valence-corrected chi connectivity index (χ4v) is 1.84. The van der Waals surface area contributed by atoms with Crippen molar-refractivity contribution in [1.82, 2.24) is 14.5 Å². The number of nitrogens with two attached hydrogens (primary N) is 1. The van der Waals surface area contributed by atoms with Crippen LogP contribution in [0.4, 0.5) is 0 Å². The Morgan fingerprint density at radius 2 is 2.18 bits per heavy atom. The molecule has 0 radical (unpaired) electrons. The minimum atomic E-state index is -0.173. The van der Waals surface area contributed by atoms with Gasteiger partial charge in [0.1, 0.15) is 6.07 Å². The summed E-state index contributed by atoms with van der Waals surface area (Å²) < 4.78 is 1.76. The molecule has 0 saturated carbocycles. The van der Waals surface area contributed by atoms with Gasteiger partial charge < -0.3 is 10.3 Å². The van der Waals surface area contributed by atoms with E-state index in [2.05, 4.69) is 9.97 Å². The van der Waals surface area contributed by atoms with Crippen LogP contribution < -0.4 is 5.73 Å². The van der Waals surface area contributed by atoms with Crippen molar-refractivity contribution in [2.24, 2.45) is 5.73 Å². The highest BCUT2D eigenvalue weighted by atomic mass is 15.1. The quantitative estimate of drug-likeness (QED) is 0.851. The van der Waals surface area contributed by atoms with Crippen molar-refractivity contribution < 1.29 is 0 Å². The van der Waals surface area contributed by atoms with Crippen molar-refractivity contribution in [2.75, 3.05) is 0 Å². The van der Waals surface area contributed by atoms with E-state index in [4.69, 9.17) is 11.0 Å². The Kier molecular flexibility index (Phi) is 3.17. The zero-order valence-corrected chi connectivity index (χ0v) is 9.49. The number of nitriles is 1. The Balaban J connectivity index is 2.48. The van der Waals surface area contributed by atoms with Crippen molar-refractivity contribution in [2.45, 2.75) is 19.0 Å². The molecule has 2 heterocycles. The van der Waals surface area contributed by atoms with Crippen LogP contribution in [0.25, 0.3) is 0 Å². The van der Waals surface area contributed by atoms with Gasteiger partial charge >= 0.3 is 0 Å². The van der Waals surface area contributed by atoms with E-state index in [9.17, 15) is 0 Å². The topological polar surface area (TPSA) is 80.5 Å². The number of aromatic nitrogens is 3. The Labute approximate surface area is 99.5 Å². The van der Waals surface area contributed by atoms with Crippen molar-refractivity contribution in [3.05, 3.63) is 48.3 Å². The summed E-state index contributed by atoms with van der Waals surface area (Å²) in [4.78, 5) is 8.28. The smallest absolute Gasteiger partial charge is 0.213 e. The highest BCUT2D eigenvalue weighted by molar-refractivity contribution is 5.19. The second-order valence-electron chi connectivity index (χ2n) is 3.83. The first kappa shape index (κ1) is 11.3.